The van der Waals surface area contributed by atoms with Crippen LogP contribution < -0.4 is 10.9 Å². The Kier molecular flexibility index (Phi) is 3.80. The summed E-state index contributed by atoms with van der Waals surface area (Å²) in [5.41, 5.74) is 0.243. The van der Waals surface area contributed by atoms with Crippen LogP contribution >= 0.6 is 0 Å². The summed E-state index contributed by atoms with van der Waals surface area (Å²) in [4.78, 5) is 28.3. The summed E-state index contributed by atoms with van der Waals surface area (Å²) in [5, 5.41) is 6.05. The van der Waals surface area contributed by atoms with E-state index in [0.717, 1.165) is 0 Å². The van der Waals surface area contributed by atoms with Gasteiger partial charge in [-0.2, -0.15) is 23.3 Å². The van der Waals surface area contributed by atoms with Crippen LogP contribution in [0.4, 0.5) is 13.2 Å². The Morgan fingerprint density at radius 2 is 1.96 bits per heavy atom. The molecule has 0 saturated heterocycles. The van der Waals surface area contributed by atoms with Crippen LogP contribution in [0.2, 0.25) is 0 Å². The third-order valence-corrected chi connectivity index (χ3v) is 3.42. The number of nitrogens with one attached hydrogen (secondary N) is 2. The molecule has 2 aromatic heterocycles. The van der Waals surface area contributed by atoms with E-state index in [2.05, 4.69) is 15.1 Å². The molecule has 0 aliphatic rings. The Labute approximate surface area is 132 Å². The molecular weight excluding hydrogens is 327 g/mol. The molecule has 0 aliphatic carbocycles. The molecule has 1 aromatic carbocycles. The van der Waals surface area contributed by atoms with Crippen molar-refractivity contribution in [3.63, 3.8) is 0 Å². The SMILES string of the molecule is O=CNC(c1ccc(-n2ncc3c(=O)nc[nH]c32)cc1)C(F)(F)F. The third-order valence-electron chi connectivity index (χ3n) is 3.42. The van der Waals surface area contributed by atoms with E-state index < -0.39 is 17.8 Å². The molecule has 0 aliphatic heterocycles. The number of alkyl halides is 3. The zero-order valence-corrected chi connectivity index (χ0v) is 11.9. The summed E-state index contributed by atoms with van der Waals surface area (Å²) in [6.07, 6.45) is -2.07. The summed E-state index contributed by atoms with van der Waals surface area (Å²) in [5.74, 6) is 0. The lowest BCUT2D eigenvalue weighted by Crippen LogP contribution is -2.33. The molecule has 24 heavy (non-hydrogen) atoms. The van der Waals surface area contributed by atoms with Gasteiger partial charge in [0.25, 0.3) is 5.56 Å². The fourth-order valence-electron chi connectivity index (χ4n) is 2.32. The Morgan fingerprint density at radius 3 is 2.58 bits per heavy atom. The second-order valence-electron chi connectivity index (χ2n) is 4.88. The number of H-pyrrole nitrogens is 1. The maximum Gasteiger partial charge on any atom is 0.412 e. The smallest absolute Gasteiger partial charge is 0.343 e. The summed E-state index contributed by atoms with van der Waals surface area (Å²) in [6.45, 7) is 0. The van der Waals surface area contributed by atoms with Crippen molar-refractivity contribution in [1.29, 1.82) is 0 Å². The number of rotatable bonds is 4. The van der Waals surface area contributed by atoms with Gasteiger partial charge in [0.2, 0.25) is 6.41 Å². The number of nitrogens with zero attached hydrogens (tertiary/aromatic N) is 3. The van der Waals surface area contributed by atoms with Crippen molar-refractivity contribution in [3.05, 3.63) is 52.7 Å². The molecule has 0 bridgehead atoms. The average Bonchev–Trinajstić information content (AvgIpc) is 2.97. The van der Waals surface area contributed by atoms with Gasteiger partial charge in [-0.3, -0.25) is 9.59 Å². The molecule has 0 radical (unpaired) electrons. The van der Waals surface area contributed by atoms with E-state index in [1.807, 2.05) is 0 Å². The van der Waals surface area contributed by atoms with Crippen molar-refractivity contribution < 1.29 is 18.0 Å². The minimum atomic E-state index is -4.61. The van der Waals surface area contributed by atoms with Gasteiger partial charge in [-0.05, 0) is 17.7 Å². The van der Waals surface area contributed by atoms with Crippen LogP contribution in [0.1, 0.15) is 11.6 Å². The van der Waals surface area contributed by atoms with Crippen LogP contribution in [-0.4, -0.2) is 32.3 Å². The standard InChI is InChI=1S/C14H10F3N5O2/c15-14(16,17)11(20-7-23)8-1-3-9(4-2-8)22-12-10(5-21-22)13(24)19-6-18-12/h1-7,11H,(H,20,23)(H,18,19,24). The van der Waals surface area contributed by atoms with Crippen LogP contribution in [-0.2, 0) is 4.79 Å². The topological polar surface area (TPSA) is 92.7 Å². The normalized spacial score (nSPS) is 13.0. The van der Waals surface area contributed by atoms with Crippen molar-refractivity contribution >= 4 is 17.4 Å². The Balaban J connectivity index is 2.01. The lowest BCUT2D eigenvalue weighted by atomic mass is 10.1. The number of carbonyl (C=O) groups is 1. The zero-order chi connectivity index (χ0) is 17.3. The first kappa shape index (κ1) is 15.7. The molecule has 10 heteroatoms. The Morgan fingerprint density at radius 1 is 1.25 bits per heavy atom. The van der Waals surface area contributed by atoms with E-state index in [9.17, 15) is 22.8 Å². The van der Waals surface area contributed by atoms with Gasteiger partial charge in [-0.15, -0.1) is 0 Å². The van der Waals surface area contributed by atoms with Crippen LogP contribution in [0.25, 0.3) is 16.7 Å². The first-order valence-corrected chi connectivity index (χ1v) is 6.70. The Hall–Kier alpha value is -3.17. The third kappa shape index (κ3) is 2.73. The van der Waals surface area contributed by atoms with Crippen LogP contribution in [0.5, 0.6) is 0 Å². The molecule has 3 aromatic rings. The van der Waals surface area contributed by atoms with Crippen molar-refractivity contribution in [2.24, 2.45) is 0 Å². The largest absolute Gasteiger partial charge is 0.412 e. The quantitative estimate of drug-likeness (QED) is 0.705. The second-order valence-corrected chi connectivity index (χ2v) is 4.88. The highest BCUT2D eigenvalue weighted by atomic mass is 19.4. The molecule has 7 nitrogen and oxygen atoms in total. The molecule has 3 rings (SSSR count). The number of hydrogen-bond donors (Lipinski definition) is 2. The predicted octanol–water partition coefficient (Wildman–Crippen LogP) is 1.46. The molecule has 124 valence electrons. The minimum Gasteiger partial charge on any atom is -0.343 e. The molecule has 0 spiro atoms. The number of hydrogen-bond acceptors (Lipinski definition) is 4. The van der Waals surface area contributed by atoms with Gasteiger partial charge >= 0.3 is 6.18 Å². The lowest BCUT2D eigenvalue weighted by molar-refractivity contribution is -0.160. The van der Waals surface area contributed by atoms with Crippen molar-refractivity contribution in [3.8, 4) is 5.69 Å². The first-order chi connectivity index (χ1) is 11.4. The van der Waals surface area contributed by atoms with Crippen molar-refractivity contribution in [1.82, 2.24) is 25.1 Å². The van der Waals surface area contributed by atoms with E-state index in [0.29, 0.717) is 11.3 Å². The van der Waals surface area contributed by atoms with E-state index >= 15 is 0 Å². The number of carbonyl (C=O) groups excluding carboxylic acids is 1. The van der Waals surface area contributed by atoms with Gasteiger partial charge in [-0.25, -0.2) is 4.68 Å². The van der Waals surface area contributed by atoms with Crippen LogP contribution in [0, 0.1) is 0 Å². The fraction of sp³-hybridized carbons (Fsp3) is 0.143. The molecule has 2 N–H and O–H groups in total. The van der Waals surface area contributed by atoms with Gasteiger partial charge < -0.3 is 10.3 Å². The first-order valence-electron chi connectivity index (χ1n) is 6.70. The van der Waals surface area contributed by atoms with Crippen molar-refractivity contribution in [2.45, 2.75) is 12.2 Å². The molecule has 1 amide bonds. The van der Waals surface area contributed by atoms with Gasteiger partial charge in [0.1, 0.15) is 11.0 Å². The van der Waals surface area contributed by atoms with E-state index in [-0.39, 0.29) is 17.4 Å². The maximum absolute atomic E-state index is 12.9. The van der Waals surface area contributed by atoms with E-state index in [4.69, 9.17) is 0 Å². The summed E-state index contributed by atoms with van der Waals surface area (Å²) in [6, 6.07) is 3.19. The fourth-order valence-corrected chi connectivity index (χ4v) is 2.32. The zero-order valence-electron chi connectivity index (χ0n) is 11.9. The number of aromatic nitrogens is 4. The number of fused-ring (bicyclic) bond motifs is 1. The molecule has 1 atom stereocenters. The van der Waals surface area contributed by atoms with E-state index in [1.165, 1.54) is 41.5 Å². The number of amides is 1. The van der Waals surface area contributed by atoms with Crippen LogP contribution in [0.15, 0.2) is 41.6 Å². The molecule has 0 fully saturated rings. The van der Waals surface area contributed by atoms with Gasteiger partial charge in [-0.1, -0.05) is 12.1 Å². The maximum atomic E-state index is 12.9. The van der Waals surface area contributed by atoms with Gasteiger partial charge in [0.15, 0.2) is 6.04 Å². The van der Waals surface area contributed by atoms with E-state index in [1.54, 1.807) is 5.32 Å². The highest BCUT2D eigenvalue weighted by molar-refractivity contribution is 5.74. The summed E-state index contributed by atoms with van der Waals surface area (Å²) in [7, 11) is 0. The Bertz CT molecular complexity index is 930. The van der Waals surface area contributed by atoms with Gasteiger partial charge in [0, 0.05) is 0 Å². The highest BCUT2D eigenvalue weighted by Gasteiger charge is 2.40. The molecule has 1 unspecified atom stereocenters. The summed E-state index contributed by atoms with van der Waals surface area (Å²) < 4.78 is 40.2. The number of aromatic amines is 1. The van der Waals surface area contributed by atoms with Crippen molar-refractivity contribution in [2.75, 3.05) is 0 Å². The molecule has 0 saturated carbocycles. The number of benzene rings is 1. The highest BCUT2D eigenvalue weighted by Crippen LogP contribution is 2.32. The van der Waals surface area contributed by atoms with Crippen LogP contribution in [0.3, 0.4) is 0 Å². The average molecular weight is 337 g/mol. The molecular formula is C14H10F3N5O2. The summed E-state index contributed by atoms with van der Waals surface area (Å²) >= 11 is 0. The monoisotopic (exact) mass is 337 g/mol. The second kappa shape index (κ2) is 5.80. The predicted molar refractivity (Wildman–Crippen MR) is 77.5 cm³/mol. The lowest BCUT2D eigenvalue weighted by Gasteiger charge is -2.20. The number of halogens is 3. The van der Waals surface area contributed by atoms with Gasteiger partial charge in [0.05, 0.1) is 18.2 Å². The minimum absolute atomic E-state index is 0.00478. The molecule has 2 heterocycles.